The number of rotatable bonds is 8. The number of hydrogen-bond donors (Lipinski definition) is 3. The Bertz CT molecular complexity index is 1030. The van der Waals surface area contributed by atoms with Gasteiger partial charge in [-0.2, -0.15) is 9.37 Å². The zero-order valence-electron chi connectivity index (χ0n) is 16.4. The van der Waals surface area contributed by atoms with Crippen molar-refractivity contribution in [3.63, 3.8) is 0 Å². The summed E-state index contributed by atoms with van der Waals surface area (Å²) in [6, 6.07) is 8.48. The summed E-state index contributed by atoms with van der Waals surface area (Å²) in [4.78, 5) is 23.2. The van der Waals surface area contributed by atoms with Crippen molar-refractivity contribution in [1.82, 2.24) is 15.0 Å². The first-order chi connectivity index (χ1) is 14.4. The highest BCUT2D eigenvalue weighted by Gasteiger charge is 2.17. The summed E-state index contributed by atoms with van der Waals surface area (Å²) in [5.41, 5.74) is 0.953. The number of nitro benzene ring substituents is 1. The standard InChI is InChI=1S/C20H21FN6O3/c1-12(2)17(11-28)25-20-24-16(13-4-3-7-22-10-13)9-19(26-20)23-14-5-6-15(21)18(8-14)27(29)30/h3-10,12,17,28H,11H2,1-2H3,(H2,23,24,25,26)/t17-/m1/s1. The number of aliphatic hydroxyl groups excluding tert-OH is 1. The van der Waals surface area contributed by atoms with Crippen LogP contribution in [-0.2, 0) is 0 Å². The van der Waals surface area contributed by atoms with Gasteiger partial charge in [-0.1, -0.05) is 13.8 Å². The highest BCUT2D eigenvalue weighted by Crippen LogP contribution is 2.27. The first-order valence-electron chi connectivity index (χ1n) is 9.25. The molecule has 0 spiro atoms. The zero-order valence-corrected chi connectivity index (χ0v) is 16.4. The van der Waals surface area contributed by atoms with Gasteiger partial charge >= 0.3 is 5.69 Å². The Labute approximate surface area is 172 Å². The third-order valence-electron chi connectivity index (χ3n) is 4.41. The second-order valence-electron chi connectivity index (χ2n) is 6.93. The lowest BCUT2D eigenvalue weighted by molar-refractivity contribution is -0.387. The van der Waals surface area contributed by atoms with Crippen molar-refractivity contribution in [2.45, 2.75) is 19.9 Å². The van der Waals surface area contributed by atoms with Crippen molar-refractivity contribution in [3.8, 4) is 11.3 Å². The number of nitrogens with zero attached hydrogens (tertiary/aromatic N) is 4. The number of aliphatic hydroxyl groups is 1. The van der Waals surface area contributed by atoms with Crippen LogP contribution in [0.3, 0.4) is 0 Å². The number of benzene rings is 1. The smallest absolute Gasteiger partial charge is 0.306 e. The molecule has 30 heavy (non-hydrogen) atoms. The van der Waals surface area contributed by atoms with Crippen LogP contribution in [0, 0.1) is 21.8 Å². The average molecular weight is 412 g/mol. The Balaban J connectivity index is 1.99. The predicted molar refractivity (Wildman–Crippen MR) is 111 cm³/mol. The molecule has 0 saturated heterocycles. The van der Waals surface area contributed by atoms with Crippen molar-refractivity contribution in [2.75, 3.05) is 17.2 Å². The molecule has 0 radical (unpaired) electrons. The van der Waals surface area contributed by atoms with Crippen molar-refractivity contribution >= 4 is 23.1 Å². The van der Waals surface area contributed by atoms with E-state index in [1.54, 1.807) is 24.5 Å². The van der Waals surface area contributed by atoms with E-state index < -0.39 is 16.4 Å². The highest BCUT2D eigenvalue weighted by molar-refractivity contribution is 5.67. The van der Waals surface area contributed by atoms with Gasteiger partial charge in [-0.15, -0.1) is 0 Å². The average Bonchev–Trinajstić information content (AvgIpc) is 2.73. The van der Waals surface area contributed by atoms with Gasteiger partial charge in [0.2, 0.25) is 11.8 Å². The van der Waals surface area contributed by atoms with E-state index in [0.29, 0.717) is 17.2 Å². The van der Waals surface area contributed by atoms with Gasteiger partial charge < -0.3 is 15.7 Å². The molecule has 0 fully saturated rings. The molecule has 9 nitrogen and oxygen atoms in total. The lowest BCUT2D eigenvalue weighted by Crippen LogP contribution is -2.30. The predicted octanol–water partition coefficient (Wildman–Crippen LogP) is 3.76. The molecule has 0 amide bonds. The van der Waals surface area contributed by atoms with E-state index in [0.717, 1.165) is 17.7 Å². The van der Waals surface area contributed by atoms with Crippen LogP contribution in [0.25, 0.3) is 11.3 Å². The lowest BCUT2D eigenvalue weighted by Gasteiger charge is -2.20. The molecule has 156 valence electrons. The maximum Gasteiger partial charge on any atom is 0.306 e. The van der Waals surface area contributed by atoms with Gasteiger partial charge in [-0.3, -0.25) is 15.1 Å². The van der Waals surface area contributed by atoms with E-state index in [2.05, 4.69) is 25.6 Å². The molecule has 0 aliphatic rings. The second-order valence-corrected chi connectivity index (χ2v) is 6.93. The monoisotopic (exact) mass is 412 g/mol. The number of aromatic nitrogens is 3. The minimum Gasteiger partial charge on any atom is -0.394 e. The maximum atomic E-state index is 13.6. The zero-order chi connectivity index (χ0) is 21.7. The molecule has 3 N–H and O–H groups in total. The lowest BCUT2D eigenvalue weighted by atomic mass is 10.1. The second kappa shape index (κ2) is 9.23. The number of halogens is 1. The normalized spacial score (nSPS) is 11.9. The van der Waals surface area contributed by atoms with Crippen LogP contribution >= 0.6 is 0 Å². The highest BCUT2D eigenvalue weighted by atomic mass is 19.1. The summed E-state index contributed by atoms with van der Waals surface area (Å²) in [6.45, 7) is 3.80. The third-order valence-corrected chi connectivity index (χ3v) is 4.41. The summed E-state index contributed by atoms with van der Waals surface area (Å²) in [5.74, 6) is -0.193. The Morgan fingerprint density at radius 1 is 1.23 bits per heavy atom. The number of anilines is 3. The molecule has 3 aromatic rings. The molecular weight excluding hydrogens is 391 g/mol. The van der Waals surface area contributed by atoms with Crippen LogP contribution in [-0.4, -0.2) is 37.6 Å². The van der Waals surface area contributed by atoms with E-state index in [4.69, 9.17) is 0 Å². The van der Waals surface area contributed by atoms with Crippen molar-refractivity contribution < 1.29 is 14.4 Å². The van der Waals surface area contributed by atoms with Gasteiger partial charge in [0.05, 0.1) is 23.3 Å². The van der Waals surface area contributed by atoms with Crippen LogP contribution in [0.5, 0.6) is 0 Å². The first-order valence-corrected chi connectivity index (χ1v) is 9.25. The third kappa shape index (κ3) is 5.03. The molecule has 0 aliphatic heterocycles. The fraction of sp³-hybridized carbons (Fsp3) is 0.250. The molecule has 0 unspecified atom stereocenters. The first kappa shape index (κ1) is 21.1. The Morgan fingerprint density at radius 3 is 2.67 bits per heavy atom. The van der Waals surface area contributed by atoms with Crippen LogP contribution < -0.4 is 10.6 Å². The summed E-state index contributed by atoms with van der Waals surface area (Å²) in [7, 11) is 0. The van der Waals surface area contributed by atoms with Crippen LogP contribution in [0.4, 0.5) is 27.5 Å². The number of nitro groups is 1. The van der Waals surface area contributed by atoms with E-state index in [1.807, 2.05) is 19.9 Å². The quantitative estimate of drug-likeness (QED) is 0.377. The van der Waals surface area contributed by atoms with Gasteiger partial charge in [0.1, 0.15) is 5.82 Å². The van der Waals surface area contributed by atoms with Crippen LogP contribution in [0.2, 0.25) is 0 Å². The van der Waals surface area contributed by atoms with E-state index >= 15 is 0 Å². The Morgan fingerprint density at radius 2 is 2.03 bits per heavy atom. The summed E-state index contributed by atoms with van der Waals surface area (Å²) >= 11 is 0. The number of hydrogen-bond acceptors (Lipinski definition) is 8. The molecule has 3 rings (SSSR count). The van der Waals surface area contributed by atoms with Gasteiger partial charge in [-0.05, 0) is 30.2 Å². The Kier molecular flexibility index (Phi) is 6.48. The van der Waals surface area contributed by atoms with Crippen LogP contribution in [0.15, 0.2) is 48.8 Å². The SMILES string of the molecule is CC(C)[C@@H](CO)Nc1nc(Nc2ccc(F)c([N+](=O)[O-])c2)cc(-c2cccnc2)n1. The minimum absolute atomic E-state index is 0.106. The van der Waals surface area contributed by atoms with Gasteiger partial charge in [0.15, 0.2) is 0 Å². The van der Waals surface area contributed by atoms with E-state index in [1.165, 1.54) is 6.07 Å². The molecule has 0 bridgehead atoms. The number of pyridine rings is 1. The van der Waals surface area contributed by atoms with Gasteiger partial charge in [0, 0.05) is 35.8 Å². The molecule has 0 aliphatic carbocycles. The van der Waals surface area contributed by atoms with Crippen molar-refractivity contribution in [1.29, 1.82) is 0 Å². The largest absolute Gasteiger partial charge is 0.394 e. The maximum absolute atomic E-state index is 13.6. The molecule has 2 heterocycles. The topological polar surface area (TPSA) is 126 Å². The molecular formula is C20H21FN6O3. The molecule has 1 atom stereocenters. The summed E-state index contributed by atoms with van der Waals surface area (Å²) in [6.07, 6.45) is 3.28. The molecule has 10 heteroatoms. The Hall–Kier alpha value is -3.66. The van der Waals surface area contributed by atoms with Crippen molar-refractivity contribution in [3.05, 3.63) is 64.7 Å². The fourth-order valence-corrected chi connectivity index (χ4v) is 2.71. The molecule has 2 aromatic heterocycles. The van der Waals surface area contributed by atoms with Crippen LogP contribution in [0.1, 0.15) is 13.8 Å². The van der Waals surface area contributed by atoms with E-state index in [-0.39, 0.29) is 24.5 Å². The van der Waals surface area contributed by atoms with Gasteiger partial charge in [-0.25, -0.2) is 4.98 Å². The molecule has 0 saturated carbocycles. The molecule has 1 aromatic carbocycles. The summed E-state index contributed by atoms with van der Waals surface area (Å²) < 4.78 is 13.6. The van der Waals surface area contributed by atoms with Gasteiger partial charge in [0.25, 0.3) is 0 Å². The number of nitrogens with one attached hydrogen (secondary N) is 2. The van der Waals surface area contributed by atoms with Crippen molar-refractivity contribution in [2.24, 2.45) is 5.92 Å². The minimum atomic E-state index is -0.922. The van der Waals surface area contributed by atoms with E-state index in [9.17, 15) is 19.6 Å². The fourth-order valence-electron chi connectivity index (χ4n) is 2.71. The summed E-state index contributed by atoms with van der Waals surface area (Å²) in [5, 5.41) is 26.7.